The third-order valence-corrected chi connectivity index (χ3v) is 5.57. The molecule has 8 nitrogen and oxygen atoms in total. The highest BCUT2D eigenvalue weighted by Gasteiger charge is 2.30. The normalized spacial score (nSPS) is 17.5. The second kappa shape index (κ2) is 6.76. The molecule has 3 aromatic rings. The minimum atomic E-state index is -0.00236. The lowest BCUT2D eigenvalue weighted by Crippen LogP contribution is -2.29. The molecule has 2 aliphatic heterocycles. The second-order valence-electron chi connectivity index (χ2n) is 7.84. The first-order chi connectivity index (χ1) is 14.4. The molecule has 0 saturated carbocycles. The number of hydrazone groups is 1. The minimum Gasteiger partial charge on any atom is -0.454 e. The summed E-state index contributed by atoms with van der Waals surface area (Å²) in [7, 11) is 0. The molecule has 0 radical (unpaired) electrons. The molecular weight excluding hydrogens is 382 g/mol. The lowest BCUT2D eigenvalue weighted by Gasteiger charge is -2.20. The second-order valence-corrected chi connectivity index (χ2v) is 7.84. The Morgan fingerprint density at radius 3 is 2.37 bits per heavy atom. The van der Waals surface area contributed by atoms with Crippen LogP contribution < -0.4 is 20.2 Å². The van der Waals surface area contributed by atoms with Crippen molar-refractivity contribution in [3.05, 3.63) is 58.0 Å². The van der Waals surface area contributed by atoms with Crippen molar-refractivity contribution in [2.45, 2.75) is 40.2 Å². The Kier molecular flexibility index (Phi) is 4.16. The highest BCUT2D eigenvalue weighted by atomic mass is 16.7. The summed E-state index contributed by atoms with van der Waals surface area (Å²) in [6.45, 7) is 8.09. The van der Waals surface area contributed by atoms with Gasteiger partial charge in [0, 0.05) is 23.7 Å². The summed E-state index contributed by atoms with van der Waals surface area (Å²) in [6, 6.07) is 8.54. The molecule has 30 heavy (non-hydrogen) atoms. The van der Waals surface area contributed by atoms with Crippen LogP contribution in [0.25, 0.3) is 0 Å². The highest BCUT2D eigenvalue weighted by molar-refractivity contribution is 6.15. The number of hydrogen-bond donors (Lipinski definition) is 1. The number of fused-ring (bicyclic) bond motifs is 2. The van der Waals surface area contributed by atoms with E-state index >= 15 is 0 Å². The number of hydrogen-bond acceptors (Lipinski definition) is 8. The number of nitrogens with two attached hydrogens (primary N) is 1. The number of aryl methyl sites for hydroxylation is 3. The summed E-state index contributed by atoms with van der Waals surface area (Å²) in [5.74, 6) is 1.97. The zero-order valence-corrected chi connectivity index (χ0v) is 17.4. The average Bonchev–Trinajstić information content (AvgIpc) is 3.31. The molecule has 2 aromatic carbocycles. The van der Waals surface area contributed by atoms with Crippen LogP contribution in [0.3, 0.4) is 0 Å². The monoisotopic (exact) mass is 405 g/mol. The molecule has 0 amide bonds. The first kappa shape index (κ1) is 18.5. The van der Waals surface area contributed by atoms with Crippen molar-refractivity contribution in [1.29, 1.82) is 0 Å². The van der Waals surface area contributed by atoms with Crippen molar-refractivity contribution in [1.82, 2.24) is 10.2 Å². The van der Waals surface area contributed by atoms with Gasteiger partial charge in [0.25, 0.3) is 0 Å². The van der Waals surface area contributed by atoms with Crippen LogP contribution in [0.5, 0.6) is 11.5 Å². The van der Waals surface area contributed by atoms with Gasteiger partial charge in [-0.15, -0.1) is 5.10 Å². The van der Waals surface area contributed by atoms with E-state index in [4.69, 9.17) is 24.7 Å². The molecule has 2 N–H and O–H groups in total. The molecule has 1 atom stereocenters. The number of rotatable bonds is 2. The highest BCUT2D eigenvalue weighted by Crippen LogP contribution is 2.38. The summed E-state index contributed by atoms with van der Waals surface area (Å²) >= 11 is 0. The van der Waals surface area contributed by atoms with Crippen molar-refractivity contribution in [3.63, 3.8) is 0 Å². The molecule has 5 rings (SSSR count). The molecule has 3 heterocycles. The van der Waals surface area contributed by atoms with E-state index in [0.29, 0.717) is 11.9 Å². The number of benzene rings is 2. The van der Waals surface area contributed by atoms with E-state index in [9.17, 15) is 0 Å². The fraction of sp³-hybridized carbons (Fsp3) is 0.318. The standard InChI is InChI=1S/C22H23N5O3/c1-11-5-16(6-12(2)20(11)23)21-17-9-19-18(28-10-29-19)8-15(17)7-13(3)27(26-21)22-25-24-14(4)30-22/h5-6,8-9,13H,7,10,23H2,1-4H3/t13-/m1/s1. The maximum atomic E-state index is 6.20. The Hall–Kier alpha value is -3.55. The largest absolute Gasteiger partial charge is 0.454 e. The Bertz CT molecular complexity index is 1160. The fourth-order valence-electron chi connectivity index (χ4n) is 3.97. The molecule has 0 saturated heterocycles. The van der Waals surface area contributed by atoms with Crippen LogP contribution in [0, 0.1) is 20.8 Å². The van der Waals surface area contributed by atoms with Gasteiger partial charge in [0.2, 0.25) is 12.7 Å². The smallest absolute Gasteiger partial charge is 0.339 e. The van der Waals surface area contributed by atoms with E-state index in [1.165, 1.54) is 0 Å². The Labute approximate surface area is 174 Å². The molecule has 0 unspecified atom stereocenters. The fourth-order valence-corrected chi connectivity index (χ4v) is 3.97. The van der Waals surface area contributed by atoms with Gasteiger partial charge in [-0.2, -0.15) is 5.10 Å². The topological polar surface area (TPSA) is 99.0 Å². The van der Waals surface area contributed by atoms with E-state index in [0.717, 1.165) is 57.1 Å². The van der Waals surface area contributed by atoms with Gasteiger partial charge in [-0.3, -0.25) is 0 Å². The summed E-state index contributed by atoms with van der Waals surface area (Å²) in [6.07, 6.45) is 0.730. The van der Waals surface area contributed by atoms with Crippen LogP contribution in [0.1, 0.15) is 40.6 Å². The predicted molar refractivity (Wildman–Crippen MR) is 113 cm³/mol. The van der Waals surface area contributed by atoms with Gasteiger partial charge in [0.1, 0.15) is 0 Å². The number of nitrogen functional groups attached to an aromatic ring is 1. The molecule has 8 heteroatoms. The van der Waals surface area contributed by atoms with Gasteiger partial charge >= 0.3 is 6.01 Å². The third-order valence-electron chi connectivity index (χ3n) is 5.57. The molecule has 1 aromatic heterocycles. The first-order valence-electron chi connectivity index (χ1n) is 9.88. The van der Waals surface area contributed by atoms with Crippen molar-refractivity contribution >= 4 is 17.4 Å². The number of nitrogens with zero attached hydrogens (tertiary/aromatic N) is 4. The molecule has 0 bridgehead atoms. The molecule has 2 aliphatic rings. The van der Waals surface area contributed by atoms with Gasteiger partial charge in [-0.05, 0) is 68.1 Å². The van der Waals surface area contributed by atoms with Crippen LogP contribution in [-0.4, -0.2) is 28.7 Å². The maximum absolute atomic E-state index is 6.20. The van der Waals surface area contributed by atoms with Gasteiger partial charge in [0.05, 0.1) is 11.8 Å². The minimum absolute atomic E-state index is 0.00236. The van der Waals surface area contributed by atoms with Gasteiger partial charge in [-0.1, -0.05) is 5.10 Å². The van der Waals surface area contributed by atoms with Crippen LogP contribution in [0.4, 0.5) is 11.7 Å². The molecule has 154 valence electrons. The van der Waals surface area contributed by atoms with Crippen molar-refractivity contribution in [2.75, 3.05) is 17.5 Å². The lowest BCUT2D eigenvalue weighted by atomic mass is 9.92. The van der Waals surface area contributed by atoms with Crippen LogP contribution in [0.15, 0.2) is 33.8 Å². The first-order valence-corrected chi connectivity index (χ1v) is 9.88. The molecule has 0 spiro atoms. The van der Waals surface area contributed by atoms with Crippen molar-refractivity contribution in [2.24, 2.45) is 5.10 Å². The van der Waals surface area contributed by atoms with Crippen LogP contribution >= 0.6 is 0 Å². The SMILES string of the molecule is Cc1nnc(N2N=C(c3cc(C)c(N)c(C)c3)c3cc4c(cc3C[C@H]2C)OCO4)o1. The third kappa shape index (κ3) is 2.96. The lowest BCUT2D eigenvalue weighted by molar-refractivity contribution is 0.174. The maximum Gasteiger partial charge on any atom is 0.339 e. The number of anilines is 2. The zero-order valence-electron chi connectivity index (χ0n) is 17.4. The summed E-state index contributed by atoms with van der Waals surface area (Å²) < 4.78 is 17.0. The van der Waals surface area contributed by atoms with E-state index in [1.54, 1.807) is 11.9 Å². The molecule has 0 aliphatic carbocycles. The van der Waals surface area contributed by atoms with Gasteiger partial charge < -0.3 is 19.6 Å². The van der Waals surface area contributed by atoms with Crippen LogP contribution in [0.2, 0.25) is 0 Å². The van der Waals surface area contributed by atoms with Crippen molar-refractivity contribution in [3.8, 4) is 11.5 Å². The van der Waals surface area contributed by atoms with E-state index in [1.807, 2.05) is 26.0 Å². The summed E-state index contributed by atoms with van der Waals surface area (Å²) in [4.78, 5) is 0. The Morgan fingerprint density at radius 2 is 1.70 bits per heavy atom. The molecular formula is C22H23N5O3. The Morgan fingerprint density at radius 1 is 1.00 bits per heavy atom. The predicted octanol–water partition coefficient (Wildman–Crippen LogP) is 3.51. The van der Waals surface area contributed by atoms with E-state index in [2.05, 4.69) is 29.3 Å². The number of aromatic nitrogens is 2. The van der Waals surface area contributed by atoms with Crippen LogP contribution in [-0.2, 0) is 6.42 Å². The average molecular weight is 405 g/mol. The van der Waals surface area contributed by atoms with Crippen molar-refractivity contribution < 1.29 is 13.9 Å². The zero-order chi connectivity index (χ0) is 21.0. The van der Waals surface area contributed by atoms with Gasteiger partial charge in [-0.25, -0.2) is 5.01 Å². The summed E-state index contributed by atoms with van der Waals surface area (Å²) in [5.41, 5.74) is 12.9. The molecule has 0 fully saturated rings. The van der Waals surface area contributed by atoms with E-state index < -0.39 is 0 Å². The van der Waals surface area contributed by atoms with Gasteiger partial charge in [0.15, 0.2) is 11.5 Å². The Balaban J connectivity index is 1.74. The quantitative estimate of drug-likeness (QED) is 0.651. The summed E-state index contributed by atoms with van der Waals surface area (Å²) in [5, 5.41) is 15.0. The van der Waals surface area contributed by atoms with E-state index in [-0.39, 0.29) is 12.8 Å². The number of ether oxygens (including phenoxy) is 2.